The molecule has 2 heterocycles. The highest BCUT2D eigenvalue weighted by atomic mass is 35.5. The van der Waals surface area contributed by atoms with Crippen molar-refractivity contribution in [3.8, 4) is 0 Å². The third kappa shape index (κ3) is 2.72. The molecule has 0 spiro atoms. The van der Waals surface area contributed by atoms with Crippen LogP contribution in [0.4, 0.5) is 11.5 Å². The lowest BCUT2D eigenvalue weighted by molar-refractivity contribution is 0.0992. The van der Waals surface area contributed by atoms with Gasteiger partial charge in [0.05, 0.1) is 0 Å². The highest BCUT2D eigenvalue weighted by Gasteiger charge is 2.38. The number of amides is 1. The predicted molar refractivity (Wildman–Crippen MR) is 105 cm³/mol. The Bertz CT molecular complexity index is 985. The summed E-state index contributed by atoms with van der Waals surface area (Å²) in [5.74, 6) is 0.558. The van der Waals surface area contributed by atoms with Gasteiger partial charge in [0.25, 0.3) is 5.91 Å². The minimum atomic E-state index is -0.342. The second-order valence-corrected chi connectivity index (χ2v) is 6.82. The lowest BCUT2D eigenvalue weighted by atomic mass is 10.1. The summed E-state index contributed by atoms with van der Waals surface area (Å²) < 4.78 is 0. The number of hydrogen-bond acceptors (Lipinski definition) is 3. The van der Waals surface area contributed by atoms with Crippen molar-refractivity contribution in [2.45, 2.75) is 20.0 Å². The van der Waals surface area contributed by atoms with Crippen molar-refractivity contribution >= 4 is 29.0 Å². The Morgan fingerprint density at radius 3 is 2.62 bits per heavy atom. The number of pyridine rings is 1. The zero-order chi connectivity index (χ0) is 18.3. The number of aryl methyl sites for hydroxylation is 1. The van der Waals surface area contributed by atoms with Crippen LogP contribution in [-0.4, -0.2) is 10.9 Å². The summed E-state index contributed by atoms with van der Waals surface area (Å²) in [6.45, 7) is 3.93. The molecule has 1 atom stereocenters. The third-order valence-corrected chi connectivity index (χ3v) is 5.07. The van der Waals surface area contributed by atoms with Gasteiger partial charge in [0.1, 0.15) is 12.0 Å². The molecule has 4 nitrogen and oxygen atoms in total. The molecular weight excluding hydrogens is 346 g/mol. The van der Waals surface area contributed by atoms with Crippen LogP contribution in [-0.2, 0) is 0 Å². The second-order valence-electron chi connectivity index (χ2n) is 6.42. The first kappa shape index (κ1) is 16.6. The van der Waals surface area contributed by atoms with Crippen LogP contribution in [0.2, 0.25) is 5.02 Å². The van der Waals surface area contributed by atoms with Gasteiger partial charge in [-0.1, -0.05) is 41.9 Å². The van der Waals surface area contributed by atoms with Gasteiger partial charge in [0.2, 0.25) is 0 Å². The minimum Gasteiger partial charge on any atom is -0.361 e. The van der Waals surface area contributed by atoms with Crippen LogP contribution in [0.25, 0.3) is 0 Å². The van der Waals surface area contributed by atoms with E-state index in [2.05, 4.69) is 10.3 Å². The van der Waals surface area contributed by atoms with Crippen molar-refractivity contribution in [2.75, 3.05) is 10.2 Å². The standard InChI is InChI=1S/C21H18ClN3O/c1-13-10-11-19(23-12-13)25-20(15-6-3-4-7-16(15)21(25)26)24-18-9-5-8-17(22)14(18)2/h3-12,20,24H,1-2H3. The molecule has 2 aromatic carbocycles. The van der Waals surface area contributed by atoms with Crippen LogP contribution in [0.5, 0.6) is 0 Å². The van der Waals surface area contributed by atoms with Crippen LogP contribution in [0.15, 0.2) is 60.8 Å². The molecule has 1 N–H and O–H groups in total. The predicted octanol–water partition coefficient (Wildman–Crippen LogP) is 5.12. The van der Waals surface area contributed by atoms with Crippen molar-refractivity contribution in [2.24, 2.45) is 0 Å². The van der Waals surface area contributed by atoms with E-state index in [1.165, 1.54) is 0 Å². The summed E-state index contributed by atoms with van der Waals surface area (Å²) in [5, 5.41) is 4.17. The first-order valence-corrected chi connectivity index (χ1v) is 8.81. The van der Waals surface area contributed by atoms with Gasteiger partial charge in [-0.2, -0.15) is 0 Å². The van der Waals surface area contributed by atoms with Crippen molar-refractivity contribution < 1.29 is 4.79 Å². The van der Waals surface area contributed by atoms with E-state index in [-0.39, 0.29) is 12.1 Å². The normalized spacial score (nSPS) is 15.9. The van der Waals surface area contributed by atoms with Crippen LogP contribution in [0.1, 0.15) is 33.2 Å². The fourth-order valence-electron chi connectivity index (χ4n) is 3.21. The van der Waals surface area contributed by atoms with Crippen LogP contribution < -0.4 is 10.2 Å². The number of halogens is 1. The fraction of sp³-hybridized carbons (Fsp3) is 0.143. The van der Waals surface area contributed by atoms with E-state index in [1.54, 1.807) is 11.1 Å². The Balaban J connectivity index is 1.81. The molecule has 1 aliphatic heterocycles. The quantitative estimate of drug-likeness (QED) is 0.702. The van der Waals surface area contributed by atoms with E-state index < -0.39 is 0 Å². The van der Waals surface area contributed by atoms with Gasteiger partial charge in [-0.05, 0) is 49.2 Å². The maximum atomic E-state index is 13.1. The lowest BCUT2D eigenvalue weighted by Crippen LogP contribution is -2.33. The lowest BCUT2D eigenvalue weighted by Gasteiger charge is -2.27. The van der Waals surface area contributed by atoms with E-state index in [4.69, 9.17) is 11.6 Å². The number of hydrogen-bond donors (Lipinski definition) is 1. The number of benzene rings is 2. The molecule has 130 valence electrons. The smallest absolute Gasteiger partial charge is 0.261 e. The molecule has 0 bridgehead atoms. The Kier molecular flexibility index (Phi) is 4.13. The van der Waals surface area contributed by atoms with Crippen molar-refractivity contribution in [1.29, 1.82) is 0 Å². The van der Waals surface area contributed by atoms with Gasteiger partial charge in [-0.15, -0.1) is 0 Å². The topological polar surface area (TPSA) is 45.2 Å². The molecule has 26 heavy (non-hydrogen) atoms. The molecule has 1 amide bonds. The average molecular weight is 364 g/mol. The SMILES string of the molecule is Cc1ccc(N2C(=O)c3ccccc3C2Nc2cccc(Cl)c2C)nc1. The van der Waals surface area contributed by atoms with Crippen LogP contribution in [0.3, 0.4) is 0 Å². The molecule has 0 radical (unpaired) electrons. The number of carbonyl (C=O) groups is 1. The maximum Gasteiger partial charge on any atom is 0.261 e. The molecule has 0 fully saturated rings. The zero-order valence-electron chi connectivity index (χ0n) is 14.5. The van der Waals surface area contributed by atoms with Gasteiger partial charge in [0, 0.05) is 28.0 Å². The van der Waals surface area contributed by atoms with E-state index in [0.717, 1.165) is 22.4 Å². The Labute approximate surface area is 157 Å². The third-order valence-electron chi connectivity index (χ3n) is 4.67. The highest BCUT2D eigenvalue weighted by Crippen LogP contribution is 2.38. The largest absolute Gasteiger partial charge is 0.361 e. The van der Waals surface area contributed by atoms with E-state index in [9.17, 15) is 4.79 Å². The maximum absolute atomic E-state index is 13.1. The first-order chi connectivity index (χ1) is 12.6. The van der Waals surface area contributed by atoms with Gasteiger partial charge >= 0.3 is 0 Å². The molecule has 4 rings (SSSR count). The van der Waals surface area contributed by atoms with Crippen LogP contribution >= 0.6 is 11.6 Å². The number of fused-ring (bicyclic) bond motifs is 1. The molecular formula is C21H18ClN3O. The van der Waals surface area contributed by atoms with Crippen molar-refractivity contribution in [1.82, 2.24) is 4.98 Å². The summed E-state index contributed by atoms with van der Waals surface area (Å²) in [7, 11) is 0. The molecule has 1 aromatic heterocycles. The van der Waals surface area contributed by atoms with Gasteiger partial charge in [-0.3, -0.25) is 9.69 Å². The van der Waals surface area contributed by atoms with E-state index in [1.807, 2.05) is 68.4 Å². The second kappa shape index (κ2) is 6.46. The summed E-state index contributed by atoms with van der Waals surface area (Å²) in [5.41, 5.74) is 4.51. The number of anilines is 2. The van der Waals surface area contributed by atoms with Gasteiger partial charge in [0.15, 0.2) is 0 Å². The monoisotopic (exact) mass is 363 g/mol. The Hall–Kier alpha value is -2.85. The summed E-state index contributed by atoms with van der Waals surface area (Å²) in [6, 6.07) is 17.2. The van der Waals surface area contributed by atoms with Gasteiger partial charge < -0.3 is 5.32 Å². The summed E-state index contributed by atoms with van der Waals surface area (Å²) in [6.07, 6.45) is 1.43. The molecule has 1 aliphatic rings. The molecule has 0 saturated carbocycles. The van der Waals surface area contributed by atoms with Crippen LogP contribution in [0, 0.1) is 13.8 Å². The Morgan fingerprint density at radius 1 is 1.04 bits per heavy atom. The summed E-state index contributed by atoms with van der Waals surface area (Å²) >= 11 is 6.27. The molecule has 5 heteroatoms. The number of carbonyl (C=O) groups excluding carboxylic acids is 1. The average Bonchev–Trinajstić information content (AvgIpc) is 2.92. The molecule has 0 aliphatic carbocycles. The number of rotatable bonds is 3. The Morgan fingerprint density at radius 2 is 1.85 bits per heavy atom. The van der Waals surface area contributed by atoms with Crippen molar-refractivity contribution in [3.63, 3.8) is 0 Å². The fourth-order valence-corrected chi connectivity index (χ4v) is 3.38. The number of nitrogens with zero attached hydrogens (tertiary/aromatic N) is 2. The number of nitrogens with one attached hydrogen (secondary N) is 1. The van der Waals surface area contributed by atoms with E-state index >= 15 is 0 Å². The minimum absolute atomic E-state index is 0.0610. The number of aromatic nitrogens is 1. The highest BCUT2D eigenvalue weighted by molar-refractivity contribution is 6.31. The molecule has 0 saturated heterocycles. The van der Waals surface area contributed by atoms with E-state index in [0.29, 0.717) is 16.4 Å². The summed E-state index contributed by atoms with van der Waals surface area (Å²) in [4.78, 5) is 19.2. The first-order valence-electron chi connectivity index (χ1n) is 8.43. The van der Waals surface area contributed by atoms with Gasteiger partial charge in [-0.25, -0.2) is 4.98 Å². The molecule has 1 unspecified atom stereocenters. The molecule has 3 aromatic rings. The van der Waals surface area contributed by atoms with Crippen molar-refractivity contribution in [3.05, 3.63) is 88.1 Å². The zero-order valence-corrected chi connectivity index (χ0v) is 15.3.